The highest BCUT2D eigenvalue weighted by atomic mass is 19.4. The van der Waals surface area contributed by atoms with Crippen LogP contribution in [-0.4, -0.2) is 17.6 Å². The van der Waals surface area contributed by atoms with Crippen LogP contribution in [-0.2, 0) is 0 Å². The van der Waals surface area contributed by atoms with E-state index in [2.05, 4.69) is 5.32 Å². The van der Waals surface area contributed by atoms with E-state index in [1.54, 1.807) is 0 Å². The Kier molecular flexibility index (Phi) is 3.77. The smallest absolute Gasteiger partial charge is 0.390 e. The summed E-state index contributed by atoms with van der Waals surface area (Å²) in [5.41, 5.74) is 4.86. The second-order valence-corrected chi connectivity index (χ2v) is 3.29. The first-order valence-electron chi connectivity index (χ1n) is 4.65. The number of para-hydroxylation sites is 1. The Morgan fingerprint density at radius 1 is 1.41 bits per heavy atom. The molecule has 1 aromatic carbocycles. The molecule has 0 aliphatic rings. The Balaban J connectivity index is 2.78. The lowest BCUT2D eigenvalue weighted by atomic mass is 10.2. The van der Waals surface area contributed by atoms with Gasteiger partial charge in [-0.15, -0.1) is 0 Å². The molecule has 0 spiro atoms. The van der Waals surface area contributed by atoms with Gasteiger partial charge in [-0.05, 0) is 12.1 Å². The summed E-state index contributed by atoms with van der Waals surface area (Å²) in [6.07, 6.45) is -5.37. The summed E-state index contributed by atoms with van der Waals surface area (Å²) >= 11 is 0. The molecule has 0 heterocycles. The highest BCUT2D eigenvalue weighted by molar-refractivity contribution is 5.74. The average Bonchev–Trinajstić information content (AvgIpc) is 2.14. The van der Waals surface area contributed by atoms with Crippen molar-refractivity contribution < 1.29 is 18.1 Å². The highest BCUT2D eigenvalue weighted by Crippen LogP contribution is 2.30. The van der Waals surface area contributed by atoms with Gasteiger partial charge in [0, 0.05) is 6.54 Å². The fourth-order valence-electron chi connectivity index (χ4n) is 1.25. The average molecular weight is 249 g/mol. The largest absolute Gasteiger partial charge is 0.393 e. The molecular formula is C9H10F3N3O2. The van der Waals surface area contributed by atoms with Crippen molar-refractivity contribution in [3.8, 4) is 0 Å². The number of nitro groups is 1. The van der Waals surface area contributed by atoms with Gasteiger partial charge in [0.15, 0.2) is 0 Å². The summed E-state index contributed by atoms with van der Waals surface area (Å²) in [5, 5.41) is 13.0. The highest BCUT2D eigenvalue weighted by Gasteiger charge is 2.27. The van der Waals surface area contributed by atoms with Gasteiger partial charge in [0.2, 0.25) is 0 Å². The van der Waals surface area contributed by atoms with Crippen molar-refractivity contribution in [3.05, 3.63) is 28.3 Å². The number of nitrogen functional groups attached to an aromatic ring is 1. The quantitative estimate of drug-likeness (QED) is 0.488. The van der Waals surface area contributed by atoms with Gasteiger partial charge < -0.3 is 11.1 Å². The molecule has 3 N–H and O–H groups in total. The number of benzene rings is 1. The maximum Gasteiger partial charge on any atom is 0.390 e. The zero-order valence-corrected chi connectivity index (χ0v) is 8.62. The third-order valence-corrected chi connectivity index (χ3v) is 1.97. The summed E-state index contributed by atoms with van der Waals surface area (Å²) in [7, 11) is 0. The number of alkyl halides is 3. The lowest BCUT2D eigenvalue weighted by molar-refractivity contribution is -0.383. The van der Waals surface area contributed by atoms with E-state index in [0.717, 1.165) is 0 Å². The van der Waals surface area contributed by atoms with Crippen LogP contribution in [0.25, 0.3) is 0 Å². The van der Waals surface area contributed by atoms with Crippen LogP contribution in [0.2, 0.25) is 0 Å². The molecule has 0 fully saturated rings. The molecule has 0 aromatic heterocycles. The second-order valence-electron chi connectivity index (χ2n) is 3.29. The fraction of sp³-hybridized carbons (Fsp3) is 0.333. The standard InChI is InChI=1S/C9H10F3N3O2/c10-9(11,12)4-5-14-7-3-1-2-6(13)8(7)15(16)17/h1-3,14H,4-5,13H2. The predicted molar refractivity (Wildman–Crippen MR) is 56.7 cm³/mol. The molecule has 0 saturated carbocycles. The second kappa shape index (κ2) is 4.89. The van der Waals surface area contributed by atoms with Crippen molar-refractivity contribution in [1.29, 1.82) is 0 Å². The first-order chi connectivity index (χ1) is 7.81. The molecule has 0 aliphatic carbocycles. The van der Waals surface area contributed by atoms with Crippen molar-refractivity contribution in [2.45, 2.75) is 12.6 Å². The van der Waals surface area contributed by atoms with Crippen LogP contribution in [0.15, 0.2) is 18.2 Å². The van der Waals surface area contributed by atoms with Crippen LogP contribution in [0.5, 0.6) is 0 Å². The SMILES string of the molecule is Nc1cccc(NCCC(F)(F)F)c1[N+](=O)[O-]. The minimum Gasteiger partial charge on any atom is -0.393 e. The third-order valence-electron chi connectivity index (χ3n) is 1.97. The molecule has 0 radical (unpaired) electrons. The Hall–Kier alpha value is -1.99. The maximum absolute atomic E-state index is 11.9. The van der Waals surface area contributed by atoms with Gasteiger partial charge in [-0.3, -0.25) is 10.1 Å². The Labute approximate surface area is 94.6 Å². The van der Waals surface area contributed by atoms with E-state index < -0.39 is 29.8 Å². The monoisotopic (exact) mass is 249 g/mol. The Bertz CT molecular complexity index is 420. The van der Waals surface area contributed by atoms with E-state index >= 15 is 0 Å². The zero-order valence-electron chi connectivity index (χ0n) is 8.62. The topological polar surface area (TPSA) is 81.2 Å². The molecule has 0 unspecified atom stereocenters. The van der Waals surface area contributed by atoms with Crippen LogP contribution in [0, 0.1) is 10.1 Å². The number of nitro benzene ring substituents is 1. The van der Waals surface area contributed by atoms with Crippen LogP contribution in [0.4, 0.5) is 30.2 Å². The van der Waals surface area contributed by atoms with Gasteiger partial charge >= 0.3 is 11.9 Å². The number of rotatable bonds is 4. The molecule has 94 valence electrons. The molecule has 0 atom stereocenters. The summed E-state index contributed by atoms with van der Waals surface area (Å²) in [4.78, 5) is 9.94. The molecular weight excluding hydrogens is 239 g/mol. The van der Waals surface area contributed by atoms with E-state index in [1.165, 1.54) is 18.2 Å². The first kappa shape index (κ1) is 13.1. The number of anilines is 2. The molecule has 0 saturated heterocycles. The summed E-state index contributed by atoms with van der Waals surface area (Å²) in [5.74, 6) is 0. The summed E-state index contributed by atoms with van der Waals surface area (Å²) < 4.78 is 35.7. The van der Waals surface area contributed by atoms with E-state index in [4.69, 9.17) is 5.73 Å². The van der Waals surface area contributed by atoms with Crippen molar-refractivity contribution in [2.75, 3.05) is 17.6 Å². The molecule has 5 nitrogen and oxygen atoms in total. The first-order valence-corrected chi connectivity index (χ1v) is 4.65. The van der Waals surface area contributed by atoms with Crippen LogP contribution in [0.3, 0.4) is 0 Å². The molecule has 8 heteroatoms. The fourth-order valence-corrected chi connectivity index (χ4v) is 1.25. The van der Waals surface area contributed by atoms with Crippen molar-refractivity contribution >= 4 is 17.1 Å². The van der Waals surface area contributed by atoms with Crippen LogP contribution < -0.4 is 11.1 Å². The van der Waals surface area contributed by atoms with Crippen molar-refractivity contribution in [2.24, 2.45) is 0 Å². The molecule has 1 rings (SSSR count). The Morgan fingerprint density at radius 3 is 2.59 bits per heavy atom. The lowest BCUT2D eigenvalue weighted by Crippen LogP contribution is -2.15. The number of hydrogen-bond acceptors (Lipinski definition) is 4. The van der Waals surface area contributed by atoms with E-state index in [0.29, 0.717) is 0 Å². The van der Waals surface area contributed by atoms with E-state index in [9.17, 15) is 23.3 Å². The van der Waals surface area contributed by atoms with Crippen LogP contribution >= 0.6 is 0 Å². The minimum atomic E-state index is -4.30. The van der Waals surface area contributed by atoms with Crippen LogP contribution in [0.1, 0.15) is 6.42 Å². The lowest BCUT2D eigenvalue weighted by Gasteiger charge is -2.09. The molecule has 0 bridgehead atoms. The van der Waals surface area contributed by atoms with Gasteiger partial charge in [0.05, 0.1) is 11.3 Å². The van der Waals surface area contributed by atoms with E-state index in [1.807, 2.05) is 0 Å². The summed E-state index contributed by atoms with van der Waals surface area (Å²) in [6, 6.07) is 4.05. The number of nitrogens with one attached hydrogen (secondary N) is 1. The van der Waals surface area contributed by atoms with Gasteiger partial charge in [0.25, 0.3) is 0 Å². The number of hydrogen-bond donors (Lipinski definition) is 2. The molecule has 17 heavy (non-hydrogen) atoms. The van der Waals surface area contributed by atoms with Crippen molar-refractivity contribution in [3.63, 3.8) is 0 Å². The minimum absolute atomic E-state index is 0.0146. The van der Waals surface area contributed by atoms with Gasteiger partial charge in [-0.1, -0.05) is 6.07 Å². The zero-order chi connectivity index (χ0) is 13.1. The number of halogens is 3. The third kappa shape index (κ3) is 3.82. The maximum atomic E-state index is 11.9. The predicted octanol–water partition coefficient (Wildman–Crippen LogP) is 2.54. The van der Waals surface area contributed by atoms with Gasteiger partial charge in [-0.25, -0.2) is 0 Å². The van der Waals surface area contributed by atoms with Gasteiger partial charge in [-0.2, -0.15) is 13.2 Å². The van der Waals surface area contributed by atoms with E-state index in [-0.39, 0.29) is 11.4 Å². The van der Waals surface area contributed by atoms with Crippen molar-refractivity contribution in [1.82, 2.24) is 0 Å². The number of nitrogens with zero attached hydrogens (tertiary/aromatic N) is 1. The van der Waals surface area contributed by atoms with Gasteiger partial charge in [0.1, 0.15) is 11.4 Å². The molecule has 1 aromatic rings. The Morgan fingerprint density at radius 2 is 2.06 bits per heavy atom. The number of nitrogens with two attached hydrogens (primary N) is 1. The molecule has 0 aliphatic heterocycles. The summed E-state index contributed by atoms with van der Waals surface area (Å²) in [6.45, 7) is -0.437. The molecule has 0 amide bonds. The normalized spacial score (nSPS) is 11.2.